The zero-order valence-corrected chi connectivity index (χ0v) is 12.1. The first-order valence-corrected chi connectivity index (χ1v) is 6.86. The van der Waals surface area contributed by atoms with E-state index in [9.17, 15) is 19.5 Å². The number of carboxylic acid groups (broad SMARTS) is 1. The van der Waals surface area contributed by atoms with E-state index in [1.165, 1.54) is 16.2 Å². The minimum atomic E-state index is -1.22. The van der Waals surface area contributed by atoms with Gasteiger partial charge < -0.3 is 14.5 Å². The number of aryl methyl sites for hydroxylation is 2. The van der Waals surface area contributed by atoms with Crippen molar-refractivity contribution < 1.29 is 9.90 Å². The fraction of sp³-hybridized carbons (Fsp3) is 0.455. The van der Waals surface area contributed by atoms with Crippen molar-refractivity contribution in [2.24, 2.45) is 14.1 Å². The fourth-order valence-corrected chi connectivity index (χ4v) is 2.64. The minimum Gasteiger partial charge on any atom is -0.549 e. The lowest BCUT2D eigenvalue weighted by Crippen LogP contribution is -2.39. The summed E-state index contributed by atoms with van der Waals surface area (Å²) >= 11 is 0.944. The number of imidazole rings is 1. The van der Waals surface area contributed by atoms with Crippen molar-refractivity contribution in [3.8, 4) is 0 Å². The topological polar surface area (TPSA) is 102 Å². The maximum absolute atomic E-state index is 12.3. The van der Waals surface area contributed by atoms with E-state index in [1.54, 1.807) is 14.0 Å². The second-order valence-corrected chi connectivity index (χ2v) is 5.12. The molecule has 0 spiro atoms. The minimum absolute atomic E-state index is 0.244. The summed E-state index contributed by atoms with van der Waals surface area (Å²) in [5.74, 6) is -1.49. The van der Waals surface area contributed by atoms with Gasteiger partial charge in [0, 0.05) is 26.4 Å². The monoisotopic (exact) mass is 297 g/mol. The lowest BCUT2D eigenvalue weighted by molar-refractivity contribution is -0.301. The maximum Gasteiger partial charge on any atom is 0.332 e. The average molecular weight is 297 g/mol. The highest BCUT2D eigenvalue weighted by atomic mass is 32.2. The predicted molar refractivity (Wildman–Crippen MR) is 71.6 cm³/mol. The second kappa shape index (κ2) is 5.16. The van der Waals surface area contributed by atoms with E-state index in [0.717, 1.165) is 16.3 Å². The Hall–Kier alpha value is -2.03. The standard InChI is InChI=1S/C11H14N4O4S/c1-4-15-9(18)7-8(14(3)11(15)19)12-10(13(7)2)20-5-6(16)17/h4-5H2,1-3H3,(H,16,17)/p-1. The Morgan fingerprint density at radius 2 is 1.95 bits per heavy atom. The van der Waals surface area contributed by atoms with Crippen LogP contribution in [0.25, 0.3) is 11.2 Å². The molecule has 2 aromatic heterocycles. The van der Waals surface area contributed by atoms with Gasteiger partial charge in [-0.3, -0.25) is 13.9 Å². The Balaban J connectivity index is 2.75. The number of carbonyl (C=O) groups excluding carboxylic acids is 1. The van der Waals surface area contributed by atoms with Crippen LogP contribution >= 0.6 is 11.8 Å². The molecule has 0 aliphatic rings. The van der Waals surface area contributed by atoms with Crippen LogP contribution in [-0.4, -0.2) is 30.4 Å². The summed E-state index contributed by atoms with van der Waals surface area (Å²) in [6.07, 6.45) is 0. The number of fused-ring (bicyclic) bond motifs is 1. The molecule has 0 aromatic carbocycles. The van der Waals surface area contributed by atoms with Gasteiger partial charge in [-0.1, -0.05) is 11.8 Å². The molecular formula is C11H13N4O4S-. The summed E-state index contributed by atoms with van der Waals surface area (Å²) in [6.45, 7) is 1.96. The number of aromatic nitrogens is 4. The van der Waals surface area contributed by atoms with Gasteiger partial charge in [0.25, 0.3) is 5.56 Å². The van der Waals surface area contributed by atoms with Crippen molar-refractivity contribution in [3.05, 3.63) is 20.8 Å². The molecule has 0 aliphatic carbocycles. The van der Waals surface area contributed by atoms with Crippen molar-refractivity contribution in [1.29, 1.82) is 0 Å². The van der Waals surface area contributed by atoms with Crippen molar-refractivity contribution in [3.63, 3.8) is 0 Å². The van der Waals surface area contributed by atoms with Gasteiger partial charge in [0.2, 0.25) is 0 Å². The zero-order valence-electron chi connectivity index (χ0n) is 11.2. The first-order valence-electron chi connectivity index (χ1n) is 5.87. The molecule has 2 aromatic rings. The van der Waals surface area contributed by atoms with Gasteiger partial charge in [0.15, 0.2) is 16.3 Å². The number of hydrogen-bond donors (Lipinski definition) is 0. The summed E-state index contributed by atoms with van der Waals surface area (Å²) in [5, 5.41) is 10.8. The van der Waals surface area contributed by atoms with Crippen LogP contribution in [0.1, 0.15) is 6.92 Å². The molecule has 2 rings (SSSR count). The van der Waals surface area contributed by atoms with Crippen molar-refractivity contribution in [1.82, 2.24) is 18.7 Å². The molecule has 0 amide bonds. The van der Waals surface area contributed by atoms with Crippen LogP contribution in [0, 0.1) is 0 Å². The SMILES string of the molecule is CCn1c(=O)c2c(nc(SCC(=O)[O-])n2C)n(C)c1=O. The normalized spacial score (nSPS) is 11.2. The van der Waals surface area contributed by atoms with Gasteiger partial charge in [0.1, 0.15) is 0 Å². The smallest absolute Gasteiger partial charge is 0.332 e. The number of hydrogen-bond acceptors (Lipinski definition) is 6. The first-order chi connectivity index (χ1) is 9.38. The highest BCUT2D eigenvalue weighted by Crippen LogP contribution is 2.19. The summed E-state index contributed by atoms with van der Waals surface area (Å²) in [6, 6.07) is 0. The number of thioether (sulfide) groups is 1. The molecule has 0 bridgehead atoms. The van der Waals surface area contributed by atoms with Crippen molar-refractivity contribution in [2.75, 3.05) is 5.75 Å². The van der Waals surface area contributed by atoms with E-state index in [4.69, 9.17) is 0 Å². The Morgan fingerprint density at radius 3 is 2.50 bits per heavy atom. The average Bonchev–Trinajstić information content (AvgIpc) is 2.72. The predicted octanol–water partition coefficient (Wildman–Crippen LogP) is -1.70. The van der Waals surface area contributed by atoms with E-state index in [1.807, 2.05) is 0 Å². The number of nitrogens with zero attached hydrogens (tertiary/aromatic N) is 4. The van der Waals surface area contributed by atoms with Crippen molar-refractivity contribution in [2.45, 2.75) is 18.6 Å². The second-order valence-electron chi connectivity index (χ2n) is 4.18. The highest BCUT2D eigenvalue weighted by molar-refractivity contribution is 7.99. The molecular weight excluding hydrogens is 284 g/mol. The van der Waals surface area contributed by atoms with Gasteiger partial charge in [-0.05, 0) is 6.92 Å². The Bertz CT molecular complexity index is 801. The zero-order chi connectivity index (χ0) is 15.0. The third-order valence-corrected chi connectivity index (χ3v) is 3.96. The van der Waals surface area contributed by atoms with Crippen LogP contribution in [0.5, 0.6) is 0 Å². The number of aliphatic carboxylic acids is 1. The maximum atomic E-state index is 12.3. The molecule has 0 atom stereocenters. The molecule has 108 valence electrons. The van der Waals surface area contributed by atoms with Crippen molar-refractivity contribution >= 4 is 28.9 Å². The molecule has 20 heavy (non-hydrogen) atoms. The molecule has 0 radical (unpaired) electrons. The van der Waals surface area contributed by atoms with E-state index >= 15 is 0 Å². The first kappa shape index (κ1) is 14.4. The molecule has 0 N–H and O–H groups in total. The highest BCUT2D eigenvalue weighted by Gasteiger charge is 2.17. The molecule has 0 saturated carbocycles. The molecule has 2 heterocycles. The van der Waals surface area contributed by atoms with Crippen LogP contribution < -0.4 is 16.4 Å². The fourth-order valence-electron chi connectivity index (χ4n) is 1.95. The quantitative estimate of drug-likeness (QED) is 0.623. The van der Waals surface area contributed by atoms with E-state index in [0.29, 0.717) is 5.16 Å². The van der Waals surface area contributed by atoms with Crippen LogP contribution in [-0.2, 0) is 25.4 Å². The third-order valence-electron chi connectivity index (χ3n) is 2.95. The van der Waals surface area contributed by atoms with Crippen LogP contribution in [0.15, 0.2) is 14.7 Å². The molecule has 8 nitrogen and oxygen atoms in total. The summed E-state index contributed by atoms with van der Waals surface area (Å²) in [5.41, 5.74) is -0.358. The Labute approximate surface area is 117 Å². The summed E-state index contributed by atoms with van der Waals surface area (Å²) in [4.78, 5) is 38.9. The molecule has 0 unspecified atom stereocenters. The number of carboxylic acids is 1. The summed E-state index contributed by atoms with van der Waals surface area (Å²) in [7, 11) is 3.13. The summed E-state index contributed by atoms with van der Waals surface area (Å²) < 4.78 is 3.89. The number of carbonyl (C=O) groups is 1. The van der Waals surface area contributed by atoms with Gasteiger partial charge >= 0.3 is 5.69 Å². The lowest BCUT2D eigenvalue weighted by atomic mass is 10.5. The largest absolute Gasteiger partial charge is 0.549 e. The van der Waals surface area contributed by atoms with E-state index in [2.05, 4.69) is 4.98 Å². The number of rotatable bonds is 4. The third kappa shape index (κ3) is 2.13. The molecule has 0 fully saturated rings. The van der Waals surface area contributed by atoms with Crippen LogP contribution in [0.2, 0.25) is 0 Å². The lowest BCUT2D eigenvalue weighted by Gasteiger charge is -2.05. The Kier molecular flexibility index (Phi) is 3.71. The van der Waals surface area contributed by atoms with E-state index in [-0.39, 0.29) is 23.5 Å². The van der Waals surface area contributed by atoms with E-state index < -0.39 is 17.2 Å². The van der Waals surface area contributed by atoms with Gasteiger partial charge in [0.05, 0.1) is 5.97 Å². The molecule has 0 saturated heterocycles. The molecule has 0 aliphatic heterocycles. The van der Waals surface area contributed by atoms with Gasteiger partial charge in [-0.15, -0.1) is 0 Å². The van der Waals surface area contributed by atoms with Gasteiger partial charge in [-0.25, -0.2) is 9.78 Å². The Morgan fingerprint density at radius 1 is 1.30 bits per heavy atom. The van der Waals surface area contributed by atoms with Crippen LogP contribution in [0.3, 0.4) is 0 Å². The van der Waals surface area contributed by atoms with Gasteiger partial charge in [-0.2, -0.15) is 0 Å². The molecule has 9 heteroatoms. The van der Waals surface area contributed by atoms with Crippen LogP contribution in [0.4, 0.5) is 0 Å².